The number of amides is 1. The van der Waals surface area contributed by atoms with Crippen LogP contribution in [0.2, 0.25) is 0 Å². The fourth-order valence-electron chi connectivity index (χ4n) is 3.27. The highest BCUT2D eigenvalue weighted by Crippen LogP contribution is 2.38. The summed E-state index contributed by atoms with van der Waals surface area (Å²) in [5.41, 5.74) is 0.478. The third-order valence-electron chi connectivity index (χ3n) is 4.87. The number of nitrogens with zero attached hydrogens (tertiary/aromatic N) is 3. The monoisotopic (exact) mass is 464 g/mol. The molecule has 11 nitrogen and oxygen atoms in total. The Bertz CT molecular complexity index is 1070. The minimum atomic E-state index is -0.731. The van der Waals surface area contributed by atoms with Gasteiger partial charge in [0.15, 0.2) is 5.76 Å². The van der Waals surface area contributed by atoms with Crippen LogP contribution in [-0.4, -0.2) is 65.1 Å². The van der Waals surface area contributed by atoms with Gasteiger partial charge in [-0.05, 0) is 19.4 Å². The summed E-state index contributed by atoms with van der Waals surface area (Å²) in [5, 5.41) is 21.0. The van der Waals surface area contributed by atoms with Gasteiger partial charge in [0, 0.05) is 47.0 Å². The minimum Gasteiger partial charge on any atom is -0.488 e. The molecule has 13 heteroatoms. The molecule has 0 spiro atoms. The van der Waals surface area contributed by atoms with Gasteiger partial charge in [-0.25, -0.2) is 4.79 Å². The Morgan fingerprint density at radius 1 is 1.42 bits per heavy atom. The fourth-order valence-corrected chi connectivity index (χ4v) is 4.95. The van der Waals surface area contributed by atoms with Crippen molar-refractivity contribution >= 4 is 49.7 Å². The Morgan fingerprint density at radius 3 is 2.71 bits per heavy atom. The third-order valence-corrected chi connectivity index (χ3v) is 6.95. The summed E-state index contributed by atoms with van der Waals surface area (Å²) in [6.07, 6.45) is 3.64. The number of allylic oxidation sites excluding steroid dienone is 2. The van der Waals surface area contributed by atoms with E-state index in [1.165, 1.54) is 13.2 Å². The topological polar surface area (TPSA) is 143 Å². The molecule has 0 saturated carbocycles. The zero-order valence-electron chi connectivity index (χ0n) is 17.6. The molecule has 2 aromatic heterocycles. The lowest BCUT2D eigenvalue weighted by atomic mass is 10.0. The maximum Gasteiger partial charge on any atom is 0.381 e. The summed E-state index contributed by atoms with van der Waals surface area (Å²) in [6.45, 7) is 3.02. The zero-order valence-corrected chi connectivity index (χ0v) is 20.5. The molecular weight excluding hydrogens is 440 g/mol. The first-order chi connectivity index (χ1) is 14.8. The minimum absolute atomic E-state index is 0.0587. The molecule has 1 aliphatic rings. The molecule has 166 valence electrons. The molecular formula is C18H24N6O5SSi. The average molecular weight is 465 g/mol. The van der Waals surface area contributed by atoms with Crippen molar-refractivity contribution in [1.82, 2.24) is 10.2 Å². The van der Waals surface area contributed by atoms with Crippen molar-refractivity contribution in [3.63, 3.8) is 0 Å². The number of hydrogen-bond donors (Lipinski definition) is 3. The first-order valence-corrected chi connectivity index (χ1v) is 11.2. The van der Waals surface area contributed by atoms with Crippen LogP contribution in [0.5, 0.6) is 5.75 Å². The summed E-state index contributed by atoms with van der Waals surface area (Å²) in [5.74, 6) is -0.719. The van der Waals surface area contributed by atoms with Gasteiger partial charge in [-0.15, -0.1) is 10.2 Å². The van der Waals surface area contributed by atoms with Gasteiger partial charge in [0.25, 0.3) is 5.91 Å². The van der Waals surface area contributed by atoms with E-state index in [4.69, 9.17) is 19.3 Å². The molecule has 1 fully saturated rings. The molecule has 0 bridgehead atoms. The summed E-state index contributed by atoms with van der Waals surface area (Å²) in [4.78, 5) is 27.2. The highest BCUT2D eigenvalue weighted by atomic mass is 32.1. The van der Waals surface area contributed by atoms with Crippen LogP contribution in [0.3, 0.4) is 0 Å². The molecule has 3 N–H and O–H groups in total. The summed E-state index contributed by atoms with van der Waals surface area (Å²) >= 11 is 1.11. The van der Waals surface area contributed by atoms with Crippen LogP contribution in [0.1, 0.15) is 23.9 Å². The van der Waals surface area contributed by atoms with Gasteiger partial charge in [0.2, 0.25) is 16.0 Å². The van der Waals surface area contributed by atoms with E-state index in [2.05, 4.69) is 20.8 Å². The van der Waals surface area contributed by atoms with E-state index in [0.717, 1.165) is 40.8 Å². The number of aromatic nitrogens is 2. The quantitative estimate of drug-likeness (QED) is 0.360. The predicted octanol–water partition coefficient (Wildman–Crippen LogP) is 0.636. The van der Waals surface area contributed by atoms with Crippen molar-refractivity contribution in [1.29, 1.82) is 5.41 Å². The first kappa shape index (κ1) is 22.6. The number of methoxy groups -OCH3 is 2. The second-order valence-electron chi connectivity index (χ2n) is 7.16. The first-order valence-electron chi connectivity index (χ1n) is 9.39. The molecule has 2 aromatic rings. The van der Waals surface area contributed by atoms with Crippen molar-refractivity contribution in [2.45, 2.75) is 18.5 Å². The Morgan fingerprint density at radius 2 is 2.13 bits per heavy atom. The lowest BCUT2D eigenvalue weighted by molar-refractivity contribution is 0.0991. The Labute approximate surface area is 185 Å². The number of nitrogens with one attached hydrogen (secondary N) is 3. The van der Waals surface area contributed by atoms with Gasteiger partial charge < -0.3 is 29.5 Å². The van der Waals surface area contributed by atoms with Crippen molar-refractivity contribution in [2.75, 3.05) is 42.9 Å². The van der Waals surface area contributed by atoms with Gasteiger partial charge in [0.1, 0.15) is 0 Å². The summed E-state index contributed by atoms with van der Waals surface area (Å²) in [6, 6.07) is 1.51. The number of anilines is 3. The number of hydrogen-bond acceptors (Lipinski definition) is 11. The molecule has 0 unspecified atom stereocenters. The van der Waals surface area contributed by atoms with E-state index in [-0.39, 0.29) is 21.8 Å². The molecule has 1 saturated heterocycles. The number of carbonyl (C=O) groups is 1. The molecule has 0 aromatic carbocycles. The van der Waals surface area contributed by atoms with E-state index in [0.29, 0.717) is 23.1 Å². The van der Waals surface area contributed by atoms with Gasteiger partial charge in [-0.3, -0.25) is 10.1 Å². The summed E-state index contributed by atoms with van der Waals surface area (Å²) in [7, 11) is 3.84. The molecule has 31 heavy (non-hydrogen) atoms. The Hall–Kier alpha value is -3.03. The molecule has 3 heterocycles. The SMILES string of the molecule is COC[C@]1([SiH3])CCN1c1cc(C(=O)Nc2nnc(N/C(C)=C\C=N)s2)oc(=O)c1OC. The second kappa shape index (κ2) is 9.41. The molecule has 0 radical (unpaired) electrons. The number of rotatable bonds is 9. The van der Waals surface area contributed by atoms with Crippen molar-refractivity contribution in [2.24, 2.45) is 0 Å². The van der Waals surface area contributed by atoms with Crippen molar-refractivity contribution < 1.29 is 18.7 Å². The van der Waals surface area contributed by atoms with E-state index >= 15 is 0 Å². The van der Waals surface area contributed by atoms with Crippen LogP contribution >= 0.6 is 11.3 Å². The predicted molar refractivity (Wildman–Crippen MR) is 122 cm³/mol. The van der Waals surface area contributed by atoms with E-state index in [1.807, 2.05) is 4.90 Å². The third kappa shape index (κ3) is 4.83. The Balaban J connectivity index is 1.83. The zero-order chi connectivity index (χ0) is 22.6. The van der Waals surface area contributed by atoms with Gasteiger partial charge >= 0.3 is 5.63 Å². The van der Waals surface area contributed by atoms with Gasteiger partial charge in [0.05, 0.1) is 19.4 Å². The fraction of sp³-hybridized carbons (Fsp3) is 0.389. The maximum atomic E-state index is 12.7. The lowest BCUT2D eigenvalue weighted by Gasteiger charge is -2.52. The van der Waals surface area contributed by atoms with Crippen LogP contribution in [0.4, 0.5) is 16.0 Å². The standard InChI is InChI=1S/C18H24N6O5SSi/c1-10(4-6-19)20-16-22-23-17(30-16)21-14(25)12-8-11(13(28-3)15(26)29-12)24-7-5-18(24,31)9-27-2/h4,6,8,19H,5,7,9H2,1-3,31H3,(H,20,22)(H,21,23,25)/b10-4-,19-6?/t18-/m1/s1. The average Bonchev–Trinajstić information content (AvgIpc) is 3.13. The number of ether oxygens (including phenoxy) is 2. The largest absolute Gasteiger partial charge is 0.488 e. The van der Waals surface area contributed by atoms with Crippen LogP contribution in [0, 0.1) is 5.41 Å². The maximum absolute atomic E-state index is 12.7. The highest BCUT2D eigenvalue weighted by Gasteiger charge is 2.42. The van der Waals surface area contributed by atoms with Crippen molar-refractivity contribution in [3.05, 3.63) is 34.0 Å². The van der Waals surface area contributed by atoms with Gasteiger partial charge in [-0.2, -0.15) is 0 Å². The molecule has 3 rings (SSSR count). The van der Waals surface area contributed by atoms with Gasteiger partial charge in [-0.1, -0.05) is 11.3 Å². The van der Waals surface area contributed by atoms with E-state index in [9.17, 15) is 9.59 Å². The molecule has 0 aliphatic carbocycles. The molecule has 1 aliphatic heterocycles. The Kier molecular flexibility index (Phi) is 6.87. The number of carbonyl (C=O) groups excluding carboxylic acids is 1. The highest BCUT2D eigenvalue weighted by molar-refractivity contribution is 7.19. The molecule has 1 atom stereocenters. The smallest absolute Gasteiger partial charge is 0.381 e. The lowest BCUT2D eigenvalue weighted by Crippen LogP contribution is -2.63. The summed E-state index contributed by atoms with van der Waals surface area (Å²) < 4.78 is 15.8. The van der Waals surface area contributed by atoms with Crippen LogP contribution in [0.15, 0.2) is 27.1 Å². The second-order valence-corrected chi connectivity index (χ2v) is 9.99. The van der Waals surface area contributed by atoms with Crippen LogP contribution in [0.25, 0.3) is 0 Å². The van der Waals surface area contributed by atoms with E-state index in [1.54, 1.807) is 20.1 Å². The van der Waals surface area contributed by atoms with E-state index < -0.39 is 11.5 Å². The van der Waals surface area contributed by atoms with Crippen LogP contribution < -0.4 is 25.9 Å². The molecule has 1 amide bonds. The van der Waals surface area contributed by atoms with Crippen molar-refractivity contribution in [3.8, 4) is 5.75 Å². The normalized spacial score (nSPS) is 18.4. The van der Waals surface area contributed by atoms with Crippen LogP contribution in [-0.2, 0) is 4.74 Å².